The first-order chi connectivity index (χ1) is 12.7. The van der Waals surface area contributed by atoms with Crippen LogP contribution in [0.2, 0.25) is 0 Å². The molecule has 2 rings (SSSR count). The number of carbonyl (C=O) groups is 2. The maximum atomic E-state index is 12.0. The number of hydrogen-bond donors (Lipinski definition) is 3. The first-order valence-electron chi connectivity index (χ1n) is 10.3. The van der Waals surface area contributed by atoms with Crippen LogP contribution in [0.25, 0.3) is 0 Å². The molecule has 0 bridgehead atoms. The van der Waals surface area contributed by atoms with Crippen LogP contribution >= 0.6 is 24.0 Å². The number of rotatable bonds is 9. The van der Waals surface area contributed by atoms with E-state index in [1.807, 2.05) is 11.8 Å². The van der Waals surface area contributed by atoms with Gasteiger partial charge in [-0.05, 0) is 32.6 Å². The maximum absolute atomic E-state index is 12.0. The number of halogens is 1. The van der Waals surface area contributed by atoms with E-state index in [2.05, 4.69) is 20.9 Å². The normalized spacial score (nSPS) is 18.2. The second-order valence-corrected chi connectivity index (χ2v) is 7.18. The van der Waals surface area contributed by atoms with Gasteiger partial charge in [-0.15, -0.1) is 24.0 Å². The standard InChI is InChI=1S/C19H35N5O2.HI/c1-2-20-19(21-12-7-15-24-14-6-10-18(24)26)22-13-11-17(25)23-16-8-4-3-5-9-16;/h16H,2-15H2,1H3,(H,23,25)(H2,20,21,22);1H. The van der Waals surface area contributed by atoms with Crippen molar-refractivity contribution < 1.29 is 9.59 Å². The quantitative estimate of drug-likeness (QED) is 0.199. The molecular formula is C19H36IN5O2. The van der Waals surface area contributed by atoms with Crippen molar-refractivity contribution in [2.45, 2.75) is 70.8 Å². The third kappa shape index (κ3) is 9.62. The van der Waals surface area contributed by atoms with Gasteiger partial charge in [0.1, 0.15) is 0 Å². The van der Waals surface area contributed by atoms with E-state index in [4.69, 9.17) is 0 Å². The van der Waals surface area contributed by atoms with Crippen LogP contribution in [-0.4, -0.2) is 61.4 Å². The van der Waals surface area contributed by atoms with Crippen molar-refractivity contribution in [2.24, 2.45) is 4.99 Å². The zero-order chi connectivity index (χ0) is 18.6. The lowest BCUT2D eigenvalue weighted by Crippen LogP contribution is -2.41. The molecule has 8 heteroatoms. The number of guanidine groups is 1. The molecule has 1 heterocycles. The Bertz CT molecular complexity index is 481. The Balaban J connectivity index is 0.00000364. The summed E-state index contributed by atoms with van der Waals surface area (Å²) in [5.74, 6) is 1.13. The summed E-state index contributed by atoms with van der Waals surface area (Å²) in [5.41, 5.74) is 0. The highest BCUT2D eigenvalue weighted by Gasteiger charge is 2.19. The second-order valence-electron chi connectivity index (χ2n) is 7.18. The van der Waals surface area contributed by atoms with E-state index >= 15 is 0 Å². The molecule has 0 radical (unpaired) electrons. The van der Waals surface area contributed by atoms with Crippen LogP contribution in [0.3, 0.4) is 0 Å². The summed E-state index contributed by atoms with van der Waals surface area (Å²) in [6.07, 6.45) is 8.97. The molecule has 2 fully saturated rings. The third-order valence-corrected chi connectivity index (χ3v) is 4.99. The van der Waals surface area contributed by atoms with E-state index in [1.165, 1.54) is 19.3 Å². The zero-order valence-corrected chi connectivity index (χ0v) is 18.9. The van der Waals surface area contributed by atoms with Crippen molar-refractivity contribution in [3.05, 3.63) is 0 Å². The predicted molar refractivity (Wildman–Crippen MR) is 119 cm³/mol. The molecule has 0 spiro atoms. The Hall–Kier alpha value is -1.06. The Morgan fingerprint density at radius 1 is 1.19 bits per heavy atom. The molecule has 1 saturated heterocycles. The lowest BCUT2D eigenvalue weighted by Gasteiger charge is -2.22. The molecule has 1 saturated carbocycles. The monoisotopic (exact) mass is 493 g/mol. The van der Waals surface area contributed by atoms with E-state index in [1.54, 1.807) is 0 Å². The lowest BCUT2D eigenvalue weighted by molar-refractivity contribution is -0.127. The molecule has 0 aromatic carbocycles. The molecule has 1 aliphatic carbocycles. The van der Waals surface area contributed by atoms with Crippen LogP contribution in [-0.2, 0) is 9.59 Å². The third-order valence-electron chi connectivity index (χ3n) is 4.99. The number of hydrogen-bond acceptors (Lipinski definition) is 3. The summed E-state index contributed by atoms with van der Waals surface area (Å²) in [6, 6.07) is 0.367. The number of nitrogens with zero attached hydrogens (tertiary/aromatic N) is 2. The van der Waals surface area contributed by atoms with Crippen molar-refractivity contribution >= 4 is 41.8 Å². The summed E-state index contributed by atoms with van der Waals surface area (Å²) in [7, 11) is 0. The molecule has 1 aliphatic heterocycles. The topological polar surface area (TPSA) is 85.8 Å². The molecule has 2 amide bonds. The average Bonchev–Trinajstić information content (AvgIpc) is 3.04. The first-order valence-corrected chi connectivity index (χ1v) is 10.3. The SMILES string of the molecule is CCNC(=NCCCN1CCCC1=O)NCCC(=O)NC1CCCCC1.I. The highest BCUT2D eigenvalue weighted by molar-refractivity contribution is 14.0. The van der Waals surface area contributed by atoms with Crippen molar-refractivity contribution in [1.29, 1.82) is 0 Å². The van der Waals surface area contributed by atoms with Crippen LogP contribution < -0.4 is 16.0 Å². The first kappa shape index (κ1) is 24.0. The van der Waals surface area contributed by atoms with Crippen LogP contribution in [0, 0.1) is 0 Å². The van der Waals surface area contributed by atoms with Crippen molar-refractivity contribution in [1.82, 2.24) is 20.9 Å². The van der Waals surface area contributed by atoms with E-state index in [0.29, 0.717) is 32.0 Å². The van der Waals surface area contributed by atoms with Gasteiger partial charge < -0.3 is 20.9 Å². The van der Waals surface area contributed by atoms with Crippen molar-refractivity contribution in [2.75, 3.05) is 32.7 Å². The smallest absolute Gasteiger partial charge is 0.222 e. The number of nitrogens with one attached hydrogen (secondary N) is 3. The van der Waals surface area contributed by atoms with Gasteiger partial charge in [0, 0.05) is 51.6 Å². The number of carbonyl (C=O) groups excluding carboxylic acids is 2. The number of likely N-dealkylation sites (tertiary alicyclic amines) is 1. The van der Waals surface area contributed by atoms with Gasteiger partial charge in [0.2, 0.25) is 11.8 Å². The van der Waals surface area contributed by atoms with Gasteiger partial charge in [-0.25, -0.2) is 0 Å². The van der Waals surface area contributed by atoms with E-state index in [9.17, 15) is 9.59 Å². The molecule has 27 heavy (non-hydrogen) atoms. The van der Waals surface area contributed by atoms with Crippen LogP contribution in [0.5, 0.6) is 0 Å². The van der Waals surface area contributed by atoms with Crippen molar-refractivity contribution in [3.63, 3.8) is 0 Å². The van der Waals surface area contributed by atoms with Gasteiger partial charge >= 0.3 is 0 Å². The van der Waals surface area contributed by atoms with Gasteiger partial charge in [0.15, 0.2) is 5.96 Å². The van der Waals surface area contributed by atoms with Gasteiger partial charge in [0.05, 0.1) is 0 Å². The zero-order valence-electron chi connectivity index (χ0n) is 16.6. The average molecular weight is 493 g/mol. The van der Waals surface area contributed by atoms with Gasteiger partial charge in [-0.3, -0.25) is 14.6 Å². The molecule has 7 nitrogen and oxygen atoms in total. The highest BCUT2D eigenvalue weighted by Crippen LogP contribution is 2.17. The Morgan fingerprint density at radius 2 is 1.96 bits per heavy atom. The maximum Gasteiger partial charge on any atom is 0.222 e. The Labute approximate surface area is 180 Å². The Kier molecular flexibility index (Phi) is 12.4. The minimum Gasteiger partial charge on any atom is -0.357 e. The minimum atomic E-state index is 0. The molecule has 0 aromatic heterocycles. The minimum absolute atomic E-state index is 0. The fraction of sp³-hybridized carbons (Fsp3) is 0.842. The van der Waals surface area contributed by atoms with E-state index in [0.717, 1.165) is 51.3 Å². The lowest BCUT2D eigenvalue weighted by atomic mass is 9.95. The van der Waals surface area contributed by atoms with Crippen molar-refractivity contribution in [3.8, 4) is 0 Å². The summed E-state index contributed by atoms with van der Waals surface area (Å²) in [6.45, 7) is 5.73. The van der Waals surface area contributed by atoms with Gasteiger partial charge in [0.25, 0.3) is 0 Å². The van der Waals surface area contributed by atoms with Crippen LogP contribution in [0.1, 0.15) is 64.7 Å². The summed E-state index contributed by atoms with van der Waals surface area (Å²) in [4.78, 5) is 30.1. The fourth-order valence-electron chi connectivity index (χ4n) is 3.58. The highest BCUT2D eigenvalue weighted by atomic mass is 127. The molecule has 2 aliphatic rings. The van der Waals surface area contributed by atoms with Crippen LogP contribution in [0.15, 0.2) is 4.99 Å². The molecule has 3 N–H and O–H groups in total. The Morgan fingerprint density at radius 3 is 2.63 bits per heavy atom. The van der Waals surface area contributed by atoms with Crippen LogP contribution in [0.4, 0.5) is 0 Å². The second kappa shape index (κ2) is 14.0. The van der Waals surface area contributed by atoms with Gasteiger partial charge in [-0.1, -0.05) is 19.3 Å². The fourth-order valence-corrected chi connectivity index (χ4v) is 3.58. The largest absolute Gasteiger partial charge is 0.357 e. The molecule has 0 atom stereocenters. The summed E-state index contributed by atoms with van der Waals surface area (Å²) in [5, 5.41) is 9.56. The number of amides is 2. The molecule has 0 aromatic rings. The molecule has 156 valence electrons. The predicted octanol–water partition coefficient (Wildman–Crippen LogP) is 2.01. The molecule has 0 unspecified atom stereocenters. The van der Waals surface area contributed by atoms with E-state index < -0.39 is 0 Å². The summed E-state index contributed by atoms with van der Waals surface area (Å²) < 4.78 is 0. The van der Waals surface area contributed by atoms with Gasteiger partial charge in [-0.2, -0.15) is 0 Å². The molecular weight excluding hydrogens is 457 g/mol. The number of aliphatic imine (C=N–C) groups is 1. The van der Waals surface area contributed by atoms with E-state index in [-0.39, 0.29) is 35.8 Å². The summed E-state index contributed by atoms with van der Waals surface area (Å²) >= 11 is 0.